The molecule has 0 fully saturated rings. The zero-order valence-corrected chi connectivity index (χ0v) is 9.55. The molecule has 0 saturated carbocycles. The van der Waals surface area contributed by atoms with E-state index in [4.69, 9.17) is 5.21 Å². The summed E-state index contributed by atoms with van der Waals surface area (Å²) in [7, 11) is 0. The Morgan fingerprint density at radius 1 is 1.70 bits per heavy atom. The molecule has 0 aliphatic rings. The molecule has 0 aromatic rings. The topological polar surface area (TPSA) is 52.6 Å². The molecule has 0 atom stereocenters. The number of nitrogens with zero attached hydrogens (tertiary/aromatic N) is 1. The van der Waals surface area contributed by atoms with Gasteiger partial charge in [0.2, 0.25) is 0 Å². The van der Waals surface area contributed by atoms with Crippen molar-refractivity contribution in [1.82, 2.24) is 10.4 Å². The maximum Gasteiger partial charge on any atom is 1.00 e. The zero-order valence-electron chi connectivity index (χ0n) is 6.42. The molecule has 0 saturated heterocycles. The van der Waals surface area contributed by atoms with Gasteiger partial charge >= 0.3 is 51.4 Å². The van der Waals surface area contributed by atoms with Crippen molar-refractivity contribution in [1.29, 1.82) is 0 Å². The van der Waals surface area contributed by atoms with Crippen LogP contribution in [0.3, 0.4) is 0 Å². The average Bonchev–Trinajstić information content (AvgIpc) is 1.89. The maximum atomic E-state index is 9.62. The predicted octanol–water partition coefficient (Wildman–Crippen LogP) is -3.64. The van der Waals surface area contributed by atoms with Crippen LogP contribution in [0.1, 0.15) is 6.92 Å². The summed E-state index contributed by atoms with van der Waals surface area (Å²) in [5.74, 6) is 0. The van der Waals surface area contributed by atoms with Crippen molar-refractivity contribution in [2.45, 2.75) is 6.92 Å². The quantitative estimate of drug-likeness (QED) is 0.112. The van der Waals surface area contributed by atoms with Crippen molar-refractivity contribution < 1.29 is 61.4 Å². The summed E-state index contributed by atoms with van der Waals surface area (Å²) >= 11 is 0. The normalized spacial score (nSPS) is 8.20. The van der Waals surface area contributed by atoms with Gasteiger partial charge in [-0.3, -0.25) is 0 Å². The van der Waals surface area contributed by atoms with Crippen molar-refractivity contribution in [3.63, 3.8) is 0 Å². The van der Waals surface area contributed by atoms with Crippen LogP contribution in [0.5, 0.6) is 0 Å². The number of likely N-dealkylation sites (N-methyl/N-ethyl adjacent to an activating group) is 1. The van der Waals surface area contributed by atoms with Gasteiger partial charge in [0.25, 0.3) is 0 Å². The molecule has 5 heteroatoms. The van der Waals surface area contributed by atoms with E-state index in [0.717, 1.165) is 6.54 Å². The van der Waals surface area contributed by atoms with Crippen LogP contribution >= 0.6 is 0 Å². The SMILES string of the molecule is CCNCCN(O)[C-]=O.[K+]. The van der Waals surface area contributed by atoms with E-state index in [1.165, 1.54) is 6.41 Å². The summed E-state index contributed by atoms with van der Waals surface area (Å²) in [4.78, 5) is 9.62. The molecular weight excluding hydrogens is 159 g/mol. The van der Waals surface area contributed by atoms with Crippen LogP contribution in [0, 0.1) is 0 Å². The van der Waals surface area contributed by atoms with Crippen LogP contribution in [0.25, 0.3) is 0 Å². The molecule has 0 radical (unpaired) electrons. The molecular formula is C5H11KN2O2. The number of amides is 1. The van der Waals surface area contributed by atoms with Crippen molar-refractivity contribution in [3.05, 3.63) is 0 Å². The average molecular weight is 170 g/mol. The summed E-state index contributed by atoms with van der Waals surface area (Å²) in [6.45, 7) is 3.68. The summed E-state index contributed by atoms with van der Waals surface area (Å²) in [6.07, 6.45) is 1.32. The summed E-state index contributed by atoms with van der Waals surface area (Å²) in [5, 5.41) is 11.9. The Balaban J connectivity index is 0. The Hall–Kier alpha value is 1.03. The third-order valence-electron chi connectivity index (χ3n) is 0.856. The summed E-state index contributed by atoms with van der Waals surface area (Å²) < 4.78 is 0. The number of hydroxylamine groups is 2. The Kier molecular flexibility index (Phi) is 13.6. The minimum Gasteiger partial charge on any atom is -0.517 e. The van der Waals surface area contributed by atoms with Gasteiger partial charge in [0.05, 0.1) is 0 Å². The van der Waals surface area contributed by atoms with Crippen LogP contribution in [0.15, 0.2) is 0 Å². The van der Waals surface area contributed by atoms with E-state index in [-0.39, 0.29) is 57.9 Å². The molecule has 0 spiro atoms. The van der Waals surface area contributed by atoms with Crippen molar-refractivity contribution in [2.24, 2.45) is 0 Å². The van der Waals surface area contributed by atoms with E-state index < -0.39 is 0 Å². The van der Waals surface area contributed by atoms with Gasteiger partial charge in [0.1, 0.15) is 0 Å². The van der Waals surface area contributed by atoms with Gasteiger partial charge in [-0.25, -0.2) is 0 Å². The minimum atomic E-state index is 0. The van der Waals surface area contributed by atoms with Gasteiger partial charge in [-0.2, -0.15) is 0 Å². The molecule has 2 N–H and O–H groups in total. The molecule has 0 bridgehead atoms. The fraction of sp³-hybridized carbons (Fsp3) is 0.800. The second-order valence-electron chi connectivity index (χ2n) is 1.57. The number of hydrogen-bond acceptors (Lipinski definition) is 3. The standard InChI is InChI=1S/C5H11N2O2.K/c1-2-6-3-4-7(9)5-8;/h6,9H,2-4H2,1H3;/q-1;+1. The Morgan fingerprint density at radius 2 is 2.30 bits per heavy atom. The molecule has 0 rings (SSSR count). The van der Waals surface area contributed by atoms with E-state index in [2.05, 4.69) is 5.32 Å². The predicted molar refractivity (Wildman–Crippen MR) is 32.7 cm³/mol. The molecule has 0 aromatic heterocycles. The van der Waals surface area contributed by atoms with E-state index in [0.29, 0.717) is 11.6 Å². The van der Waals surface area contributed by atoms with E-state index in [1.807, 2.05) is 6.92 Å². The molecule has 0 aliphatic heterocycles. The Bertz CT molecular complexity index is 82.0. The van der Waals surface area contributed by atoms with Crippen molar-refractivity contribution in [2.75, 3.05) is 19.6 Å². The summed E-state index contributed by atoms with van der Waals surface area (Å²) in [6, 6.07) is 0. The number of nitrogens with one attached hydrogen (secondary N) is 1. The van der Waals surface area contributed by atoms with E-state index in [1.54, 1.807) is 0 Å². The largest absolute Gasteiger partial charge is 1.00 e. The second kappa shape index (κ2) is 10.0. The fourth-order valence-corrected chi connectivity index (χ4v) is 0.407. The number of hydrogen-bond donors (Lipinski definition) is 2. The molecule has 4 nitrogen and oxygen atoms in total. The van der Waals surface area contributed by atoms with Crippen LogP contribution in [0.4, 0.5) is 0 Å². The Morgan fingerprint density at radius 3 is 2.70 bits per heavy atom. The smallest absolute Gasteiger partial charge is 0.517 e. The van der Waals surface area contributed by atoms with Gasteiger partial charge in [0.15, 0.2) is 0 Å². The molecule has 1 amide bonds. The molecule has 54 valence electrons. The van der Waals surface area contributed by atoms with Crippen LogP contribution in [-0.2, 0) is 4.79 Å². The van der Waals surface area contributed by atoms with Gasteiger partial charge in [-0.05, 0) is 6.54 Å². The molecule has 10 heavy (non-hydrogen) atoms. The van der Waals surface area contributed by atoms with Crippen LogP contribution in [-0.4, -0.2) is 36.3 Å². The first-order chi connectivity index (χ1) is 4.31. The first-order valence-electron chi connectivity index (χ1n) is 2.86. The van der Waals surface area contributed by atoms with Crippen molar-refractivity contribution >= 4 is 6.41 Å². The molecule has 0 heterocycles. The molecule has 0 unspecified atom stereocenters. The van der Waals surface area contributed by atoms with Gasteiger partial charge in [-0.15, -0.1) is 6.41 Å². The third-order valence-corrected chi connectivity index (χ3v) is 0.856. The van der Waals surface area contributed by atoms with E-state index in [9.17, 15) is 4.79 Å². The van der Waals surface area contributed by atoms with Crippen molar-refractivity contribution in [3.8, 4) is 0 Å². The van der Waals surface area contributed by atoms with Gasteiger partial charge in [-0.1, -0.05) is 6.92 Å². The van der Waals surface area contributed by atoms with Crippen LogP contribution in [0.2, 0.25) is 0 Å². The van der Waals surface area contributed by atoms with E-state index >= 15 is 0 Å². The summed E-state index contributed by atoms with van der Waals surface area (Å²) in [5.41, 5.74) is 0. The van der Waals surface area contributed by atoms with Gasteiger partial charge < -0.3 is 20.4 Å². The number of carbonyl (C=O) groups excluding carboxylic acids is 1. The maximum absolute atomic E-state index is 9.62. The fourth-order valence-electron chi connectivity index (χ4n) is 0.407. The second-order valence-corrected chi connectivity index (χ2v) is 1.57. The molecule has 0 aromatic carbocycles. The monoisotopic (exact) mass is 170 g/mol. The van der Waals surface area contributed by atoms with Gasteiger partial charge in [0, 0.05) is 13.1 Å². The van der Waals surface area contributed by atoms with Crippen LogP contribution < -0.4 is 56.7 Å². The Labute approximate surface area is 103 Å². The molecule has 0 aliphatic carbocycles. The number of rotatable bonds is 5. The zero-order chi connectivity index (χ0) is 7.11. The first kappa shape index (κ1) is 13.6. The first-order valence-corrected chi connectivity index (χ1v) is 2.86. The minimum absolute atomic E-state index is 0. The third kappa shape index (κ3) is 9.03.